The van der Waals surface area contributed by atoms with Crippen LogP contribution in [0.2, 0.25) is 0 Å². The first kappa shape index (κ1) is 14.4. The molecule has 0 spiro atoms. The summed E-state index contributed by atoms with van der Waals surface area (Å²) in [4.78, 5) is 0. The molecule has 4 rings (SSSR count). The SMILES string of the molecule is CCc1c(C)c2c3c(cc(C)n3CCN2)c1-c1ccc(C)cc1. The first-order valence-corrected chi connectivity index (χ1v) is 8.58. The molecule has 0 bridgehead atoms. The van der Waals surface area contributed by atoms with E-state index in [1.165, 1.54) is 50.1 Å². The minimum atomic E-state index is 1.02. The predicted octanol–water partition coefficient (Wildman–Crippen LogP) is 5.22. The second-order valence-corrected chi connectivity index (χ2v) is 6.70. The number of anilines is 1. The molecule has 23 heavy (non-hydrogen) atoms. The second kappa shape index (κ2) is 5.16. The van der Waals surface area contributed by atoms with Gasteiger partial charge in [0.2, 0.25) is 0 Å². The fourth-order valence-electron chi connectivity index (χ4n) is 4.10. The fraction of sp³-hybridized carbons (Fsp3) is 0.333. The molecule has 0 radical (unpaired) electrons. The quantitative estimate of drug-likeness (QED) is 0.686. The van der Waals surface area contributed by atoms with E-state index in [4.69, 9.17) is 0 Å². The average Bonchev–Trinajstić information content (AvgIpc) is 2.89. The van der Waals surface area contributed by atoms with Gasteiger partial charge in [-0.1, -0.05) is 36.8 Å². The number of hydrogen-bond donors (Lipinski definition) is 1. The molecule has 0 saturated heterocycles. The maximum atomic E-state index is 3.65. The van der Waals surface area contributed by atoms with Crippen LogP contribution in [0.3, 0.4) is 0 Å². The maximum Gasteiger partial charge on any atom is 0.0727 e. The summed E-state index contributed by atoms with van der Waals surface area (Å²) in [6.45, 7) is 11.0. The highest BCUT2D eigenvalue weighted by Gasteiger charge is 2.23. The van der Waals surface area contributed by atoms with E-state index in [-0.39, 0.29) is 0 Å². The van der Waals surface area contributed by atoms with Crippen LogP contribution in [0.25, 0.3) is 22.0 Å². The molecule has 2 heteroatoms. The van der Waals surface area contributed by atoms with Gasteiger partial charge in [-0.05, 0) is 55.5 Å². The summed E-state index contributed by atoms with van der Waals surface area (Å²) in [5.41, 5.74) is 11.1. The Morgan fingerprint density at radius 1 is 1.09 bits per heavy atom. The highest BCUT2D eigenvalue weighted by Crippen LogP contribution is 2.42. The molecule has 1 aliphatic heterocycles. The van der Waals surface area contributed by atoms with E-state index in [0.717, 1.165) is 19.5 Å². The Morgan fingerprint density at radius 3 is 2.52 bits per heavy atom. The van der Waals surface area contributed by atoms with Crippen LogP contribution in [0.1, 0.15) is 29.3 Å². The first-order chi connectivity index (χ1) is 11.1. The average molecular weight is 304 g/mol. The van der Waals surface area contributed by atoms with E-state index in [0.29, 0.717) is 0 Å². The zero-order chi connectivity index (χ0) is 16.1. The maximum absolute atomic E-state index is 3.65. The summed E-state index contributed by atoms with van der Waals surface area (Å²) in [5.74, 6) is 0. The Labute approximate surface area is 138 Å². The van der Waals surface area contributed by atoms with Crippen molar-refractivity contribution in [2.24, 2.45) is 0 Å². The van der Waals surface area contributed by atoms with Gasteiger partial charge in [-0.3, -0.25) is 0 Å². The predicted molar refractivity (Wildman–Crippen MR) is 99.5 cm³/mol. The highest BCUT2D eigenvalue weighted by atomic mass is 15.1. The molecule has 1 aliphatic rings. The Kier molecular flexibility index (Phi) is 3.22. The van der Waals surface area contributed by atoms with Gasteiger partial charge in [0.25, 0.3) is 0 Å². The summed E-state index contributed by atoms with van der Waals surface area (Å²) in [6.07, 6.45) is 1.06. The number of rotatable bonds is 2. The molecule has 118 valence electrons. The van der Waals surface area contributed by atoms with Crippen LogP contribution < -0.4 is 5.32 Å². The molecule has 2 aromatic carbocycles. The molecule has 0 fully saturated rings. The smallest absolute Gasteiger partial charge is 0.0727 e. The van der Waals surface area contributed by atoms with Crippen molar-refractivity contribution in [3.63, 3.8) is 0 Å². The summed E-state index contributed by atoms with van der Waals surface area (Å²) >= 11 is 0. The van der Waals surface area contributed by atoms with E-state index >= 15 is 0 Å². The van der Waals surface area contributed by atoms with Crippen molar-refractivity contribution >= 4 is 16.6 Å². The fourth-order valence-corrected chi connectivity index (χ4v) is 4.10. The Hall–Kier alpha value is -2.22. The lowest BCUT2D eigenvalue weighted by Gasteiger charge is -2.25. The van der Waals surface area contributed by atoms with Crippen LogP contribution in [0.4, 0.5) is 5.69 Å². The first-order valence-electron chi connectivity index (χ1n) is 8.58. The topological polar surface area (TPSA) is 17.0 Å². The lowest BCUT2D eigenvalue weighted by Crippen LogP contribution is -2.19. The number of benzene rings is 2. The Morgan fingerprint density at radius 2 is 1.83 bits per heavy atom. The highest BCUT2D eigenvalue weighted by molar-refractivity contribution is 6.06. The van der Waals surface area contributed by atoms with Gasteiger partial charge in [0, 0.05) is 24.2 Å². The van der Waals surface area contributed by atoms with Crippen LogP contribution in [-0.4, -0.2) is 11.1 Å². The lowest BCUT2D eigenvalue weighted by molar-refractivity contribution is 0.719. The van der Waals surface area contributed by atoms with Crippen molar-refractivity contribution < 1.29 is 0 Å². The molecule has 1 aromatic heterocycles. The summed E-state index contributed by atoms with van der Waals surface area (Å²) in [5, 5.41) is 5.05. The zero-order valence-corrected chi connectivity index (χ0v) is 14.5. The van der Waals surface area contributed by atoms with E-state index in [1.54, 1.807) is 0 Å². The third kappa shape index (κ3) is 2.01. The van der Waals surface area contributed by atoms with Crippen molar-refractivity contribution in [1.82, 2.24) is 4.57 Å². The monoisotopic (exact) mass is 304 g/mol. The number of hydrogen-bond acceptors (Lipinski definition) is 1. The molecule has 2 heterocycles. The lowest BCUT2D eigenvalue weighted by atomic mass is 9.89. The van der Waals surface area contributed by atoms with Crippen molar-refractivity contribution in [3.05, 3.63) is 52.7 Å². The number of aromatic nitrogens is 1. The standard InChI is InChI=1S/C21H24N2/c1-5-17-15(4)20-21-18(12-14(3)23(21)11-10-22-20)19(17)16-8-6-13(2)7-9-16/h6-9,12,22H,5,10-11H2,1-4H3. The zero-order valence-electron chi connectivity index (χ0n) is 14.5. The van der Waals surface area contributed by atoms with E-state index < -0.39 is 0 Å². The van der Waals surface area contributed by atoms with Gasteiger partial charge in [0.05, 0.1) is 11.2 Å². The van der Waals surface area contributed by atoms with Gasteiger partial charge >= 0.3 is 0 Å². The molecule has 0 saturated carbocycles. The Balaban J connectivity index is 2.15. The molecular weight excluding hydrogens is 280 g/mol. The normalized spacial score (nSPS) is 13.4. The van der Waals surface area contributed by atoms with E-state index in [9.17, 15) is 0 Å². The van der Waals surface area contributed by atoms with Crippen LogP contribution >= 0.6 is 0 Å². The van der Waals surface area contributed by atoms with Crippen molar-refractivity contribution in [2.45, 2.75) is 40.7 Å². The second-order valence-electron chi connectivity index (χ2n) is 6.70. The molecule has 3 aromatic rings. The molecule has 0 amide bonds. The number of nitrogens with zero attached hydrogens (tertiary/aromatic N) is 1. The number of nitrogens with one attached hydrogen (secondary N) is 1. The summed E-state index contributed by atoms with van der Waals surface area (Å²) < 4.78 is 2.48. The molecule has 1 N–H and O–H groups in total. The van der Waals surface area contributed by atoms with Gasteiger partial charge in [-0.15, -0.1) is 0 Å². The third-order valence-electron chi connectivity index (χ3n) is 5.27. The minimum Gasteiger partial charge on any atom is -0.381 e. The van der Waals surface area contributed by atoms with Crippen molar-refractivity contribution in [3.8, 4) is 11.1 Å². The third-order valence-corrected chi connectivity index (χ3v) is 5.27. The van der Waals surface area contributed by atoms with Crippen LogP contribution in [0, 0.1) is 20.8 Å². The van der Waals surface area contributed by atoms with E-state index in [1.807, 2.05) is 0 Å². The summed E-state index contributed by atoms with van der Waals surface area (Å²) in [6, 6.07) is 11.4. The van der Waals surface area contributed by atoms with Crippen LogP contribution in [0.5, 0.6) is 0 Å². The van der Waals surface area contributed by atoms with Gasteiger partial charge < -0.3 is 9.88 Å². The molecular formula is C21H24N2. The van der Waals surface area contributed by atoms with E-state index in [2.05, 4.69) is 67.9 Å². The molecule has 0 atom stereocenters. The molecule has 2 nitrogen and oxygen atoms in total. The Bertz CT molecular complexity index is 898. The van der Waals surface area contributed by atoms with Gasteiger partial charge in [-0.2, -0.15) is 0 Å². The van der Waals surface area contributed by atoms with Crippen molar-refractivity contribution in [2.75, 3.05) is 11.9 Å². The largest absolute Gasteiger partial charge is 0.381 e. The summed E-state index contributed by atoms with van der Waals surface area (Å²) in [7, 11) is 0. The molecule has 0 unspecified atom stereocenters. The van der Waals surface area contributed by atoms with Gasteiger partial charge in [0.1, 0.15) is 0 Å². The van der Waals surface area contributed by atoms with Crippen LogP contribution in [-0.2, 0) is 13.0 Å². The minimum absolute atomic E-state index is 1.02. The van der Waals surface area contributed by atoms with Crippen molar-refractivity contribution in [1.29, 1.82) is 0 Å². The van der Waals surface area contributed by atoms with Crippen LogP contribution in [0.15, 0.2) is 30.3 Å². The number of aryl methyl sites for hydroxylation is 2. The van der Waals surface area contributed by atoms with Gasteiger partial charge in [-0.25, -0.2) is 0 Å². The molecule has 0 aliphatic carbocycles. The van der Waals surface area contributed by atoms with Gasteiger partial charge in [0.15, 0.2) is 0 Å².